The van der Waals surface area contributed by atoms with E-state index in [0.717, 1.165) is 12.2 Å². The maximum Gasteiger partial charge on any atom is 0.139 e. The summed E-state index contributed by atoms with van der Waals surface area (Å²) < 4.78 is 5.35. The third-order valence-corrected chi connectivity index (χ3v) is 2.29. The summed E-state index contributed by atoms with van der Waals surface area (Å²) in [5, 5.41) is 0. The molecule has 0 saturated heterocycles. The molecule has 0 unspecified atom stereocenters. The molecule has 0 spiro atoms. The van der Waals surface area contributed by atoms with E-state index in [1.807, 2.05) is 0 Å². The van der Waals surface area contributed by atoms with Crippen LogP contribution in [0.1, 0.15) is 25.8 Å². The minimum atomic E-state index is 0.965. The van der Waals surface area contributed by atoms with Gasteiger partial charge in [-0.15, -0.1) is 0 Å². The fraction of sp³-hybridized carbons (Fsp3) is 0.333. The van der Waals surface area contributed by atoms with E-state index in [0.29, 0.717) is 0 Å². The molecule has 0 saturated carbocycles. The minimum absolute atomic E-state index is 0.965. The van der Waals surface area contributed by atoms with Crippen LogP contribution in [0.3, 0.4) is 0 Å². The Morgan fingerprint density at radius 2 is 2.21 bits per heavy atom. The third kappa shape index (κ3) is 2.41. The van der Waals surface area contributed by atoms with Crippen LogP contribution in [-0.4, -0.2) is 15.0 Å². The van der Waals surface area contributed by atoms with Crippen molar-refractivity contribution in [3.63, 3.8) is 0 Å². The molecule has 0 N–H and O–H groups in total. The van der Waals surface area contributed by atoms with E-state index < -0.39 is 0 Å². The Morgan fingerprint density at radius 3 is 2.79 bits per heavy atom. The Kier molecular flexibility index (Phi) is 3.81. The summed E-state index contributed by atoms with van der Waals surface area (Å²) in [4.78, 5) is 0. The molecule has 1 aromatic rings. The van der Waals surface area contributed by atoms with Gasteiger partial charge in [-0.3, -0.25) is 0 Å². The molecule has 0 fully saturated rings. The lowest BCUT2D eigenvalue weighted by molar-refractivity contribution is 0.414. The second-order valence-corrected chi connectivity index (χ2v) is 3.50. The maximum atomic E-state index is 5.35. The standard InChI is InChI=1S/C12H17BO/c1-4-5-9(2)11-7-6-10(13)8-12(11)14-3/h5-8H,4,13H2,1-3H3/b9-5-. The van der Waals surface area contributed by atoms with Crippen LogP contribution in [0.15, 0.2) is 24.3 Å². The topological polar surface area (TPSA) is 9.23 Å². The van der Waals surface area contributed by atoms with E-state index in [1.54, 1.807) is 7.11 Å². The summed E-state index contributed by atoms with van der Waals surface area (Å²) in [5.41, 5.74) is 3.71. The average Bonchev–Trinajstić information content (AvgIpc) is 2.17. The molecule has 1 nitrogen and oxygen atoms in total. The first-order valence-corrected chi connectivity index (χ1v) is 5.00. The molecule has 0 heterocycles. The number of ether oxygens (including phenoxy) is 1. The van der Waals surface area contributed by atoms with Crippen molar-refractivity contribution < 1.29 is 4.74 Å². The highest BCUT2D eigenvalue weighted by Gasteiger charge is 2.03. The van der Waals surface area contributed by atoms with Gasteiger partial charge >= 0.3 is 0 Å². The van der Waals surface area contributed by atoms with Crippen LogP contribution in [0.2, 0.25) is 0 Å². The van der Waals surface area contributed by atoms with E-state index in [4.69, 9.17) is 4.74 Å². The molecule has 2 heteroatoms. The molecule has 1 rings (SSSR count). The first-order valence-electron chi connectivity index (χ1n) is 5.00. The van der Waals surface area contributed by atoms with Gasteiger partial charge in [0.1, 0.15) is 13.6 Å². The van der Waals surface area contributed by atoms with Crippen molar-refractivity contribution in [3.05, 3.63) is 29.8 Å². The van der Waals surface area contributed by atoms with Gasteiger partial charge in [0.15, 0.2) is 0 Å². The highest BCUT2D eigenvalue weighted by atomic mass is 16.5. The number of methoxy groups -OCH3 is 1. The van der Waals surface area contributed by atoms with Crippen LogP contribution in [0, 0.1) is 0 Å². The van der Waals surface area contributed by atoms with Gasteiger partial charge in [-0.2, -0.15) is 0 Å². The molecule has 0 radical (unpaired) electrons. The van der Waals surface area contributed by atoms with Gasteiger partial charge in [-0.1, -0.05) is 30.6 Å². The van der Waals surface area contributed by atoms with Crippen LogP contribution in [0.4, 0.5) is 0 Å². The van der Waals surface area contributed by atoms with Gasteiger partial charge in [0.2, 0.25) is 0 Å². The summed E-state index contributed by atoms with van der Waals surface area (Å²) in [6, 6.07) is 6.31. The van der Waals surface area contributed by atoms with Crippen molar-refractivity contribution in [1.82, 2.24) is 0 Å². The van der Waals surface area contributed by atoms with Gasteiger partial charge in [0.05, 0.1) is 7.11 Å². The van der Waals surface area contributed by atoms with Crippen molar-refractivity contribution in [2.45, 2.75) is 20.3 Å². The van der Waals surface area contributed by atoms with E-state index in [1.165, 1.54) is 16.6 Å². The minimum Gasteiger partial charge on any atom is -0.496 e. The van der Waals surface area contributed by atoms with Crippen LogP contribution in [0.25, 0.3) is 5.57 Å². The van der Waals surface area contributed by atoms with Crippen LogP contribution >= 0.6 is 0 Å². The van der Waals surface area contributed by atoms with Gasteiger partial charge in [0, 0.05) is 5.56 Å². The van der Waals surface area contributed by atoms with E-state index in [-0.39, 0.29) is 0 Å². The Morgan fingerprint density at radius 1 is 1.50 bits per heavy atom. The summed E-state index contributed by atoms with van der Waals surface area (Å²) in [6.07, 6.45) is 3.27. The molecule has 1 aromatic carbocycles. The molecular weight excluding hydrogens is 171 g/mol. The van der Waals surface area contributed by atoms with Gasteiger partial charge in [-0.25, -0.2) is 0 Å². The molecule has 0 bridgehead atoms. The smallest absolute Gasteiger partial charge is 0.139 e. The predicted octanol–water partition coefficient (Wildman–Crippen LogP) is 1.77. The zero-order valence-corrected chi connectivity index (χ0v) is 9.42. The normalized spacial score (nSPS) is 11.5. The fourth-order valence-corrected chi connectivity index (χ4v) is 1.54. The number of hydrogen-bond donors (Lipinski definition) is 0. The molecular formula is C12H17BO. The van der Waals surface area contributed by atoms with E-state index in [9.17, 15) is 0 Å². The van der Waals surface area contributed by atoms with Crippen molar-refractivity contribution in [1.29, 1.82) is 0 Å². The quantitative estimate of drug-likeness (QED) is 0.657. The second-order valence-electron chi connectivity index (χ2n) is 3.50. The Bertz CT molecular complexity index is 342. The highest BCUT2D eigenvalue weighted by Crippen LogP contribution is 2.24. The summed E-state index contributed by atoms with van der Waals surface area (Å²) in [7, 11) is 3.79. The van der Waals surface area contributed by atoms with Gasteiger partial charge < -0.3 is 4.74 Å². The number of hydrogen-bond acceptors (Lipinski definition) is 1. The van der Waals surface area contributed by atoms with Crippen molar-refractivity contribution >= 4 is 18.9 Å². The van der Waals surface area contributed by atoms with Gasteiger partial charge in [0.25, 0.3) is 0 Å². The molecule has 0 atom stereocenters. The first kappa shape index (κ1) is 10.9. The third-order valence-electron chi connectivity index (χ3n) is 2.29. The zero-order chi connectivity index (χ0) is 10.6. The first-order chi connectivity index (χ1) is 6.69. The molecule has 0 amide bonds. The molecule has 0 aromatic heterocycles. The lowest BCUT2D eigenvalue weighted by atomic mass is 9.93. The zero-order valence-electron chi connectivity index (χ0n) is 9.42. The summed E-state index contributed by atoms with van der Waals surface area (Å²) in [5.74, 6) is 0.965. The monoisotopic (exact) mass is 188 g/mol. The molecule has 14 heavy (non-hydrogen) atoms. The maximum absolute atomic E-state index is 5.35. The Balaban J connectivity index is 3.14. The average molecular weight is 188 g/mol. The van der Waals surface area contributed by atoms with E-state index in [2.05, 4.69) is 46.0 Å². The Labute approximate surface area is 87.2 Å². The molecule has 0 aliphatic carbocycles. The lowest BCUT2D eigenvalue weighted by Crippen LogP contribution is -2.03. The van der Waals surface area contributed by atoms with E-state index >= 15 is 0 Å². The molecule has 74 valence electrons. The molecule has 0 aliphatic heterocycles. The predicted molar refractivity (Wildman–Crippen MR) is 65.1 cm³/mol. The molecule has 0 aliphatic rings. The SMILES string of the molecule is Bc1ccc(/C(C)=C\CC)c(OC)c1. The van der Waals surface area contributed by atoms with Crippen molar-refractivity contribution in [2.24, 2.45) is 0 Å². The Hall–Kier alpha value is -1.18. The summed E-state index contributed by atoms with van der Waals surface area (Å²) >= 11 is 0. The summed E-state index contributed by atoms with van der Waals surface area (Å²) in [6.45, 7) is 4.26. The van der Waals surface area contributed by atoms with Crippen molar-refractivity contribution in [3.8, 4) is 5.75 Å². The number of allylic oxidation sites excluding steroid dienone is 2. The largest absolute Gasteiger partial charge is 0.496 e. The number of rotatable bonds is 3. The highest BCUT2D eigenvalue weighted by molar-refractivity contribution is 6.32. The fourth-order valence-electron chi connectivity index (χ4n) is 1.54. The number of benzene rings is 1. The van der Waals surface area contributed by atoms with Crippen LogP contribution in [0.5, 0.6) is 5.75 Å². The lowest BCUT2D eigenvalue weighted by Gasteiger charge is -2.09. The van der Waals surface area contributed by atoms with Crippen LogP contribution in [-0.2, 0) is 0 Å². The van der Waals surface area contributed by atoms with Gasteiger partial charge in [-0.05, 0) is 25.0 Å². The van der Waals surface area contributed by atoms with Crippen molar-refractivity contribution in [2.75, 3.05) is 7.11 Å². The second kappa shape index (κ2) is 4.89. The van der Waals surface area contributed by atoms with Crippen LogP contribution < -0.4 is 10.2 Å².